The molecule has 0 amide bonds. The van der Waals surface area contributed by atoms with Crippen molar-refractivity contribution in [2.75, 3.05) is 6.54 Å². The van der Waals surface area contributed by atoms with Gasteiger partial charge in [-0.1, -0.05) is 12.8 Å². The molecule has 1 heterocycles. The van der Waals surface area contributed by atoms with Crippen molar-refractivity contribution >= 4 is 27.0 Å². The van der Waals surface area contributed by atoms with E-state index in [1.165, 1.54) is 18.9 Å². The standard InChI is InChI=1S/C14H17BrFN3/c15-10-5-12-13(6-11(10)16)19-14(18-12)9-4-2-1-3-8(9)7-17/h5-6,8-9H,1-4,7,17H2,(H,18,19). The Morgan fingerprint density at radius 2 is 2.16 bits per heavy atom. The van der Waals surface area contributed by atoms with E-state index in [1.54, 1.807) is 6.07 Å². The SMILES string of the molecule is NCC1CCCCC1c1nc2cc(Br)c(F)cc2[nH]1. The fourth-order valence-corrected chi connectivity index (χ4v) is 3.38. The molecule has 3 N–H and O–H groups in total. The van der Waals surface area contributed by atoms with Gasteiger partial charge in [0, 0.05) is 12.0 Å². The molecule has 1 saturated carbocycles. The second kappa shape index (κ2) is 5.21. The minimum atomic E-state index is -0.262. The van der Waals surface area contributed by atoms with Crippen LogP contribution in [0.4, 0.5) is 4.39 Å². The third-order valence-corrected chi connectivity index (χ3v) is 4.71. The van der Waals surface area contributed by atoms with Gasteiger partial charge in [-0.3, -0.25) is 0 Å². The van der Waals surface area contributed by atoms with E-state index in [4.69, 9.17) is 5.73 Å². The third-order valence-electron chi connectivity index (χ3n) is 4.11. The van der Waals surface area contributed by atoms with Crippen LogP contribution in [0.1, 0.15) is 37.4 Å². The molecule has 19 heavy (non-hydrogen) atoms. The maximum atomic E-state index is 13.5. The number of aromatic nitrogens is 2. The van der Waals surface area contributed by atoms with Crippen LogP contribution in [0, 0.1) is 11.7 Å². The number of nitrogens with two attached hydrogens (primary N) is 1. The Kier molecular flexibility index (Phi) is 3.58. The van der Waals surface area contributed by atoms with Gasteiger partial charge in [-0.2, -0.15) is 0 Å². The smallest absolute Gasteiger partial charge is 0.139 e. The lowest BCUT2D eigenvalue weighted by atomic mass is 9.79. The van der Waals surface area contributed by atoms with E-state index in [0.717, 1.165) is 29.7 Å². The molecule has 2 unspecified atom stereocenters. The fourth-order valence-electron chi connectivity index (χ4n) is 3.05. The summed E-state index contributed by atoms with van der Waals surface area (Å²) in [4.78, 5) is 7.90. The van der Waals surface area contributed by atoms with Crippen molar-refractivity contribution in [3.05, 3.63) is 28.2 Å². The third kappa shape index (κ3) is 2.41. The Morgan fingerprint density at radius 3 is 2.95 bits per heavy atom. The number of hydrogen-bond acceptors (Lipinski definition) is 2. The highest BCUT2D eigenvalue weighted by Gasteiger charge is 2.27. The molecule has 3 nitrogen and oxygen atoms in total. The van der Waals surface area contributed by atoms with Crippen LogP contribution in [0.15, 0.2) is 16.6 Å². The molecule has 2 atom stereocenters. The molecule has 1 aromatic carbocycles. The van der Waals surface area contributed by atoms with E-state index in [-0.39, 0.29) is 5.82 Å². The number of hydrogen-bond donors (Lipinski definition) is 2. The molecule has 3 rings (SSSR count). The van der Waals surface area contributed by atoms with Gasteiger partial charge in [-0.05, 0) is 47.3 Å². The Labute approximate surface area is 119 Å². The lowest BCUT2D eigenvalue weighted by Crippen LogP contribution is -2.25. The first kappa shape index (κ1) is 13.1. The second-order valence-corrected chi connectivity index (χ2v) is 6.15. The molecular weight excluding hydrogens is 309 g/mol. The Bertz CT molecular complexity index is 557. The highest BCUT2D eigenvalue weighted by Crippen LogP contribution is 2.36. The molecule has 0 aliphatic heterocycles. The molecule has 0 spiro atoms. The van der Waals surface area contributed by atoms with Gasteiger partial charge < -0.3 is 10.7 Å². The molecule has 0 bridgehead atoms. The average Bonchev–Trinajstić information content (AvgIpc) is 2.82. The molecule has 1 fully saturated rings. The minimum absolute atomic E-state index is 0.262. The number of nitrogens with zero attached hydrogens (tertiary/aromatic N) is 1. The number of rotatable bonds is 2. The van der Waals surface area contributed by atoms with E-state index in [2.05, 4.69) is 25.9 Å². The first-order valence-corrected chi connectivity index (χ1v) is 7.53. The summed E-state index contributed by atoms with van der Waals surface area (Å²) in [6.45, 7) is 0.694. The summed E-state index contributed by atoms with van der Waals surface area (Å²) >= 11 is 3.20. The first-order chi connectivity index (χ1) is 9.19. The molecular formula is C14H17BrFN3. The number of aromatic amines is 1. The highest BCUT2D eigenvalue weighted by atomic mass is 79.9. The van der Waals surface area contributed by atoms with Crippen molar-refractivity contribution in [3.63, 3.8) is 0 Å². The van der Waals surface area contributed by atoms with E-state index >= 15 is 0 Å². The van der Waals surface area contributed by atoms with Gasteiger partial charge in [0.25, 0.3) is 0 Å². The second-order valence-electron chi connectivity index (χ2n) is 5.29. The van der Waals surface area contributed by atoms with Gasteiger partial charge in [0.15, 0.2) is 0 Å². The zero-order valence-electron chi connectivity index (χ0n) is 10.6. The number of H-pyrrole nitrogens is 1. The van der Waals surface area contributed by atoms with E-state index < -0.39 is 0 Å². The van der Waals surface area contributed by atoms with E-state index in [1.807, 2.05) is 0 Å². The van der Waals surface area contributed by atoms with Gasteiger partial charge in [0.05, 0.1) is 15.5 Å². The van der Waals surface area contributed by atoms with Crippen molar-refractivity contribution in [2.45, 2.75) is 31.6 Å². The predicted octanol–water partition coefficient (Wildman–Crippen LogP) is 3.70. The summed E-state index contributed by atoms with van der Waals surface area (Å²) in [7, 11) is 0. The summed E-state index contributed by atoms with van der Waals surface area (Å²) in [5.41, 5.74) is 7.44. The minimum Gasteiger partial charge on any atom is -0.342 e. The Morgan fingerprint density at radius 1 is 1.37 bits per heavy atom. The molecule has 2 aromatic rings. The average molecular weight is 326 g/mol. The predicted molar refractivity (Wildman–Crippen MR) is 77.5 cm³/mol. The monoisotopic (exact) mass is 325 g/mol. The maximum absolute atomic E-state index is 13.5. The van der Waals surface area contributed by atoms with Crippen LogP contribution in [-0.4, -0.2) is 16.5 Å². The number of halogens is 2. The van der Waals surface area contributed by atoms with Crippen molar-refractivity contribution in [2.24, 2.45) is 11.7 Å². The molecule has 0 radical (unpaired) electrons. The highest BCUT2D eigenvalue weighted by molar-refractivity contribution is 9.10. The molecule has 1 aliphatic carbocycles. The van der Waals surface area contributed by atoms with Gasteiger partial charge in [0.1, 0.15) is 11.6 Å². The summed E-state index contributed by atoms with van der Waals surface area (Å²) in [5.74, 6) is 1.57. The van der Waals surface area contributed by atoms with Gasteiger partial charge in [0.2, 0.25) is 0 Å². The summed E-state index contributed by atoms with van der Waals surface area (Å²) in [6.07, 6.45) is 4.75. The van der Waals surface area contributed by atoms with Gasteiger partial charge >= 0.3 is 0 Å². The fraction of sp³-hybridized carbons (Fsp3) is 0.500. The zero-order chi connectivity index (χ0) is 13.4. The van der Waals surface area contributed by atoms with Crippen LogP contribution in [-0.2, 0) is 0 Å². The van der Waals surface area contributed by atoms with Crippen molar-refractivity contribution in [1.29, 1.82) is 0 Å². The van der Waals surface area contributed by atoms with Crippen molar-refractivity contribution in [1.82, 2.24) is 9.97 Å². The number of benzene rings is 1. The summed E-state index contributed by atoms with van der Waals surface area (Å²) < 4.78 is 14.0. The van der Waals surface area contributed by atoms with E-state index in [0.29, 0.717) is 22.9 Å². The molecule has 0 saturated heterocycles. The largest absolute Gasteiger partial charge is 0.342 e. The molecule has 5 heteroatoms. The van der Waals surface area contributed by atoms with Crippen LogP contribution in [0.5, 0.6) is 0 Å². The lowest BCUT2D eigenvalue weighted by Gasteiger charge is -2.28. The molecule has 1 aromatic heterocycles. The summed E-state index contributed by atoms with van der Waals surface area (Å²) in [5, 5.41) is 0. The lowest BCUT2D eigenvalue weighted by molar-refractivity contribution is 0.306. The van der Waals surface area contributed by atoms with Crippen molar-refractivity contribution in [3.8, 4) is 0 Å². The number of imidazole rings is 1. The van der Waals surface area contributed by atoms with Crippen LogP contribution in [0.3, 0.4) is 0 Å². The maximum Gasteiger partial charge on any atom is 0.139 e. The normalized spacial score (nSPS) is 23.9. The van der Waals surface area contributed by atoms with Crippen LogP contribution in [0.25, 0.3) is 11.0 Å². The Hall–Kier alpha value is -0.940. The topological polar surface area (TPSA) is 54.7 Å². The van der Waals surface area contributed by atoms with E-state index in [9.17, 15) is 4.39 Å². The number of nitrogens with one attached hydrogen (secondary N) is 1. The van der Waals surface area contributed by atoms with Gasteiger partial charge in [-0.25, -0.2) is 9.37 Å². The van der Waals surface area contributed by atoms with Crippen LogP contribution >= 0.6 is 15.9 Å². The van der Waals surface area contributed by atoms with Crippen molar-refractivity contribution < 1.29 is 4.39 Å². The summed E-state index contributed by atoms with van der Waals surface area (Å²) in [6, 6.07) is 3.22. The Balaban J connectivity index is 2.00. The van der Waals surface area contributed by atoms with Gasteiger partial charge in [-0.15, -0.1) is 0 Å². The molecule has 1 aliphatic rings. The molecule has 102 valence electrons. The zero-order valence-corrected chi connectivity index (χ0v) is 12.2. The quantitative estimate of drug-likeness (QED) is 0.884. The van der Waals surface area contributed by atoms with Crippen LogP contribution in [0.2, 0.25) is 0 Å². The first-order valence-electron chi connectivity index (χ1n) is 6.73. The van der Waals surface area contributed by atoms with Crippen LogP contribution < -0.4 is 5.73 Å². The number of fused-ring (bicyclic) bond motifs is 1.